The number of hydrogen-bond donors (Lipinski definition) is 1. The summed E-state index contributed by atoms with van der Waals surface area (Å²) in [6, 6.07) is 5.99. The van der Waals surface area contributed by atoms with Gasteiger partial charge in [-0.05, 0) is 37.7 Å². The van der Waals surface area contributed by atoms with Crippen LogP contribution < -0.4 is 5.32 Å². The Bertz CT molecular complexity index is 474. The van der Waals surface area contributed by atoms with E-state index >= 15 is 0 Å². The zero-order chi connectivity index (χ0) is 14.5. The van der Waals surface area contributed by atoms with Crippen LogP contribution in [0.4, 0.5) is 11.4 Å². The molecule has 0 bridgehead atoms. The number of anilines is 1. The van der Waals surface area contributed by atoms with E-state index < -0.39 is 0 Å². The summed E-state index contributed by atoms with van der Waals surface area (Å²) >= 11 is 0. The predicted molar refractivity (Wildman–Crippen MR) is 82.1 cm³/mol. The third-order valence-corrected chi connectivity index (χ3v) is 4.29. The lowest BCUT2D eigenvalue weighted by Gasteiger charge is -2.18. The average molecular weight is 276 g/mol. The van der Waals surface area contributed by atoms with Gasteiger partial charge in [0.05, 0.1) is 4.92 Å². The van der Waals surface area contributed by atoms with Crippen LogP contribution in [0.3, 0.4) is 0 Å². The van der Waals surface area contributed by atoms with E-state index in [1.807, 2.05) is 19.1 Å². The van der Waals surface area contributed by atoms with Crippen molar-refractivity contribution in [2.45, 2.75) is 58.4 Å². The Morgan fingerprint density at radius 2 is 2.10 bits per heavy atom. The van der Waals surface area contributed by atoms with E-state index in [2.05, 4.69) is 12.2 Å². The van der Waals surface area contributed by atoms with Gasteiger partial charge in [0.2, 0.25) is 0 Å². The number of aryl methyl sites for hydroxylation is 1. The van der Waals surface area contributed by atoms with E-state index in [1.54, 1.807) is 6.07 Å². The van der Waals surface area contributed by atoms with Gasteiger partial charge < -0.3 is 5.32 Å². The Morgan fingerprint density at radius 1 is 1.30 bits per heavy atom. The van der Waals surface area contributed by atoms with E-state index in [1.165, 1.54) is 19.3 Å². The second kappa shape index (κ2) is 6.73. The number of rotatable bonds is 4. The second-order valence-corrected chi connectivity index (χ2v) is 5.91. The van der Waals surface area contributed by atoms with Crippen molar-refractivity contribution in [1.82, 2.24) is 0 Å². The number of nitrogens with zero attached hydrogens (tertiary/aromatic N) is 1. The largest absolute Gasteiger partial charge is 0.382 e. The molecule has 0 aromatic heterocycles. The minimum Gasteiger partial charge on any atom is -0.382 e. The smallest absolute Gasteiger partial charge is 0.274 e. The van der Waals surface area contributed by atoms with Crippen molar-refractivity contribution >= 4 is 11.4 Å². The van der Waals surface area contributed by atoms with Crippen molar-refractivity contribution in [3.8, 4) is 0 Å². The molecule has 0 saturated heterocycles. The maximum absolute atomic E-state index is 11.1. The second-order valence-electron chi connectivity index (χ2n) is 5.91. The zero-order valence-corrected chi connectivity index (χ0v) is 12.4. The van der Waals surface area contributed by atoms with Crippen molar-refractivity contribution in [1.29, 1.82) is 0 Å². The molecule has 1 aromatic carbocycles. The highest BCUT2D eigenvalue weighted by molar-refractivity contribution is 5.55. The topological polar surface area (TPSA) is 55.2 Å². The highest BCUT2D eigenvalue weighted by Gasteiger charge is 2.18. The lowest BCUT2D eigenvalue weighted by atomic mass is 10.0. The van der Waals surface area contributed by atoms with Crippen LogP contribution in [-0.4, -0.2) is 11.0 Å². The Hall–Kier alpha value is -1.58. The van der Waals surface area contributed by atoms with Crippen molar-refractivity contribution in [3.63, 3.8) is 0 Å². The normalized spacial score (nSPS) is 23.1. The molecule has 1 N–H and O–H groups in total. The molecule has 1 aromatic rings. The van der Waals surface area contributed by atoms with Crippen LogP contribution in [0.15, 0.2) is 18.2 Å². The van der Waals surface area contributed by atoms with Crippen molar-refractivity contribution < 1.29 is 4.92 Å². The first-order chi connectivity index (χ1) is 9.60. The number of nitro groups is 1. The van der Waals surface area contributed by atoms with Crippen LogP contribution >= 0.6 is 0 Å². The molecule has 20 heavy (non-hydrogen) atoms. The van der Waals surface area contributed by atoms with Crippen LogP contribution in [0.25, 0.3) is 0 Å². The standard InChI is InChI=1S/C16H24N2O2/c1-3-13-8-10-15(11-16(13)18(19)20)17-14-6-4-5-12(2)7-9-14/h8,10-12,14,17H,3-7,9H2,1-2H3. The van der Waals surface area contributed by atoms with E-state index in [0.29, 0.717) is 12.5 Å². The summed E-state index contributed by atoms with van der Waals surface area (Å²) in [7, 11) is 0. The zero-order valence-electron chi connectivity index (χ0n) is 12.4. The van der Waals surface area contributed by atoms with Gasteiger partial charge in [-0.25, -0.2) is 0 Å². The first-order valence-corrected chi connectivity index (χ1v) is 7.64. The third kappa shape index (κ3) is 3.71. The summed E-state index contributed by atoms with van der Waals surface area (Å²) in [6.45, 7) is 4.26. The lowest BCUT2D eigenvalue weighted by molar-refractivity contribution is -0.385. The molecule has 2 rings (SSSR count). The minimum atomic E-state index is -0.279. The Labute approximate surface area is 120 Å². The van der Waals surface area contributed by atoms with Gasteiger partial charge >= 0.3 is 0 Å². The fraction of sp³-hybridized carbons (Fsp3) is 0.625. The van der Waals surface area contributed by atoms with E-state index in [0.717, 1.165) is 30.0 Å². The van der Waals surface area contributed by atoms with Gasteiger partial charge in [0.25, 0.3) is 5.69 Å². The van der Waals surface area contributed by atoms with Gasteiger partial charge in [-0.3, -0.25) is 10.1 Å². The molecule has 4 nitrogen and oxygen atoms in total. The predicted octanol–water partition coefficient (Wildman–Crippen LogP) is 4.54. The first kappa shape index (κ1) is 14.8. The van der Waals surface area contributed by atoms with Crippen LogP contribution in [-0.2, 0) is 6.42 Å². The Balaban J connectivity index is 2.09. The minimum absolute atomic E-state index is 0.236. The van der Waals surface area contributed by atoms with Crippen LogP contribution in [0.2, 0.25) is 0 Å². The molecule has 0 radical (unpaired) electrons. The molecule has 4 heteroatoms. The van der Waals surface area contributed by atoms with Crippen molar-refractivity contribution in [2.75, 3.05) is 5.32 Å². The summed E-state index contributed by atoms with van der Waals surface area (Å²) < 4.78 is 0. The molecular formula is C16H24N2O2. The van der Waals surface area contributed by atoms with Crippen LogP contribution in [0.1, 0.15) is 51.5 Å². The lowest BCUT2D eigenvalue weighted by Crippen LogP contribution is -2.18. The molecule has 0 amide bonds. The van der Waals surface area contributed by atoms with E-state index in [4.69, 9.17) is 0 Å². The quantitative estimate of drug-likeness (QED) is 0.499. The molecule has 0 spiro atoms. The molecular weight excluding hydrogens is 252 g/mol. The summed E-state index contributed by atoms with van der Waals surface area (Å²) in [5.41, 5.74) is 1.92. The first-order valence-electron chi connectivity index (χ1n) is 7.64. The van der Waals surface area contributed by atoms with Gasteiger partial charge in [0.1, 0.15) is 0 Å². The molecule has 2 atom stereocenters. The van der Waals surface area contributed by atoms with E-state index in [-0.39, 0.29) is 10.6 Å². The van der Waals surface area contributed by atoms with Crippen LogP contribution in [0, 0.1) is 16.0 Å². The van der Waals surface area contributed by atoms with Gasteiger partial charge in [0.15, 0.2) is 0 Å². The van der Waals surface area contributed by atoms with Gasteiger partial charge in [-0.15, -0.1) is 0 Å². The fourth-order valence-corrected chi connectivity index (χ4v) is 2.99. The number of benzene rings is 1. The molecule has 0 aliphatic heterocycles. The molecule has 1 saturated carbocycles. The highest BCUT2D eigenvalue weighted by atomic mass is 16.6. The molecule has 0 heterocycles. The van der Waals surface area contributed by atoms with E-state index in [9.17, 15) is 10.1 Å². The van der Waals surface area contributed by atoms with Crippen LogP contribution in [0.5, 0.6) is 0 Å². The molecule has 1 aliphatic carbocycles. The number of nitro benzene ring substituents is 1. The average Bonchev–Trinajstić information content (AvgIpc) is 2.63. The SMILES string of the molecule is CCc1ccc(NC2CCCC(C)CC2)cc1[N+](=O)[O-]. The number of hydrogen-bond acceptors (Lipinski definition) is 3. The van der Waals surface area contributed by atoms with Gasteiger partial charge in [-0.1, -0.05) is 32.8 Å². The molecule has 110 valence electrons. The van der Waals surface area contributed by atoms with Gasteiger partial charge in [-0.2, -0.15) is 0 Å². The Morgan fingerprint density at radius 3 is 2.80 bits per heavy atom. The molecule has 1 aliphatic rings. The Kier molecular flexibility index (Phi) is 4.99. The summed E-state index contributed by atoms with van der Waals surface area (Å²) in [6.07, 6.45) is 6.80. The van der Waals surface area contributed by atoms with Gasteiger partial charge in [0, 0.05) is 23.4 Å². The highest BCUT2D eigenvalue weighted by Crippen LogP contribution is 2.28. The summed E-state index contributed by atoms with van der Waals surface area (Å²) in [5, 5.41) is 14.6. The number of nitrogens with one attached hydrogen (secondary N) is 1. The fourth-order valence-electron chi connectivity index (χ4n) is 2.99. The monoisotopic (exact) mass is 276 g/mol. The summed E-state index contributed by atoms with van der Waals surface area (Å²) in [4.78, 5) is 10.8. The van der Waals surface area contributed by atoms with Crippen molar-refractivity contribution in [3.05, 3.63) is 33.9 Å². The summed E-state index contributed by atoms with van der Waals surface area (Å²) in [5.74, 6) is 0.804. The maximum atomic E-state index is 11.1. The third-order valence-electron chi connectivity index (χ3n) is 4.29. The van der Waals surface area contributed by atoms with Crippen molar-refractivity contribution in [2.24, 2.45) is 5.92 Å². The molecule has 2 unspecified atom stereocenters. The molecule has 1 fully saturated rings. The maximum Gasteiger partial charge on any atom is 0.274 e.